The summed E-state index contributed by atoms with van der Waals surface area (Å²) in [7, 11) is 1.66. The van der Waals surface area contributed by atoms with Crippen LogP contribution in [-0.2, 0) is 20.8 Å². The molecule has 1 aliphatic rings. The standard InChI is InChI=1S/C30H40O5/c1-21(11-16-28-24(4)19-34-30(35-28)26-9-7-6-8-10-26)17-22(2)29(23(3)18-31)33-20-25-12-14-27(32-5)15-13-25/h6-17,22-24,28-31H,18-20H2,1-5H3/b16-11+,21-17+/t22-,23-,24-,28+,29+,30-/m0/s1. The van der Waals surface area contributed by atoms with Gasteiger partial charge in [-0.15, -0.1) is 0 Å². The van der Waals surface area contributed by atoms with Crippen molar-refractivity contribution in [2.45, 2.75) is 52.8 Å². The van der Waals surface area contributed by atoms with Gasteiger partial charge >= 0.3 is 0 Å². The monoisotopic (exact) mass is 480 g/mol. The second-order valence-electron chi connectivity index (χ2n) is 9.57. The highest BCUT2D eigenvalue weighted by molar-refractivity contribution is 5.26. The molecular weight excluding hydrogens is 440 g/mol. The molecule has 0 aliphatic carbocycles. The summed E-state index contributed by atoms with van der Waals surface area (Å²) in [4.78, 5) is 0. The lowest BCUT2D eigenvalue weighted by Gasteiger charge is -2.33. The molecule has 0 saturated carbocycles. The smallest absolute Gasteiger partial charge is 0.184 e. The minimum Gasteiger partial charge on any atom is -0.497 e. The van der Waals surface area contributed by atoms with Gasteiger partial charge < -0.3 is 24.1 Å². The minimum atomic E-state index is -0.341. The molecule has 5 nitrogen and oxygen atoms in total. The fourth-order valence-corrected chi connectivity index (χ4v) is 4.33. The van der Waals surface area contributed by atoms with E-state index >= 15 is 0 Å². The van der Waals surface area contributed by atoms with Crippen LogP contribution < -0.4 is 4.74 Å². The maximum atomic E-state index is 9.82. The summed E-state index contributed by atoms with van der Waals surface area (Å²) >= 11 is 0. The van der Waals surface area contributed by atoms with Crippen LogP contribution in [0.3, 0.4) is 0 Å². The maximum Gasteiger partial charge on any atom is 0.184 e. The molecule has 0 radical (unpaired) electrons. The number of ether oxygens (including phenoxy) is 4. The fourth-order valence-electron chi connectivity index (χ4n) is 4.33. The molecule has 5 heteroatoms. The molecular formula is C30H40O5. The molecule has 3 rings (SSSR count). The number of allylic oxidation sites excluding steroid dienone is 2. The lowest BCUT2D eigenvalue weighted by Crippen LogP contribution is -2.33. The molecule has 190 valence electrons. The SMILES string of the molecule is COc1ccc(CO[C@H]([C@@H](C)/C=C(C)/C=C/[C@H]2O[C@@H](c3ccccc3)OC[C@@H]2C)[C@@H](C)CO)cc1. The van der Waals surface area contributed by atoms with E-state index in [0.29, 0.717) is 13.2 Å². The van der Waals surface area contributed by atoms with Crippen LogP contribution in [0.25, 0.3) is 0 Å². The van der Waals surface area contributed by atoms with Gasteiger partial charge in [-0.2, -0.15) is 0 Å². The Hall–Kier alpha value is -2.44. The molecule has 2 aromatic carbocycles. The Morgan fingerprint density at radius 1 is 1.11 bits per heavy atom. The largest absolute Gasteiger partial charge is 0.497 e. The Morgan fingerprint density at radius 2 is 1.83 bits per heavy atom. The van der Waals surface area contributed by atoms with Gasteiger partial charge in [0, 0.05) is 29.9 Å². The first-order chi connectivity index (χ1) is 16.9. The zero-order valence-electron chi connectivity index (χ0n) is 21.6. The second-order valence-corrected chi connectivity index (χ2v) is 9.57. The normalized spacial score (nSPS) is 23.7. The quantitative estimate of drug-likeness (QED) is 0.394. The molecule has 0 aromatic heterocycles. The van der Waals surface area contributed by atoms with Gasteiger partial charge in [0.2, 0.25) is 0 Å². The lowest BCUT2D eigenvalue weighted by atomic mass is 9.91. The van der Waals surface area contributed by atoms with Crippen molar-refractivity contribution in [1.82, 2.24) is 0 Å². The topological polar surface area (TPSA) is 57.2 Å². The highest BCUT2D eigenvalue weighted by Gasteiger charge is 2.28. The van der Waals surface area contributed by atoms with Crippen molar-refractivity contribution < 1.29 is 24.1 Å². The van der Waals surface area contributed by atoms with Crippen LogP contribution in [0.1, 0.15) is 45.1 Å². The molecule has 35 heavy (non-hydrogen) atoms. The van der Waals surface area contributed by atoms with Crippen LogP contribution in [0.5, 0.6) is 5.75 Å². The summed E-state index contributed by atoms with van der Waals surface area (Å²) in [6, 6.07) is 17.9. The molecule has 0 unspecified atom stereocenters. The van der Waals surface area contributed by atoms with Crippen LogP contribution in [-0.4, -0.2) is 37.6 Å². The number of hydrogen-bond acceptors (Lipinski definition) is 5. The van der Waals surface area contributed by atoms with Crippen molar-refractivity contribution in [3.63, 3.8) is 0 Å². The van der Waals surface area contributed by atoms with Crippen molar-refractivity contribution in [3.8, 4) is 5.75 Å². The average molecular weight is 481 g/mol. The zero-order chi connectivity index (χ0) is 25.2. The molecule has 0 amide bonds. The number of benzene rings is 2. The maximum absolute atomic E-state index is 9.82. The number of rotatable bonds is 11. The Balaban J connectivity index is 1.62. The molecule has 0 bridgehead atoms. The third-order valence-electron chi connectivity index (χ3n) is 6.47. The van der Waals surface area contributed by atoms with Gasteiger partial charge in [-0.05, 0) is 24.6 Å². The van der Waals surface area contributed by atoms with Gasteiger partial charge in [0.05, 0.1) is 32.5 Å². The number of aliphatic hydroxyl groups excluding tert-OH is 1. The minimum absolute atomic E-state index is 0.0155. The van der Waals surface area contributed by atoms with Gasteiger partial charge in [-0.1, -0.05) is 87.0 Å². The van der Waals surface area contributed by atoms with Gasteiger partial charge in [0.25, 0.3) is 0 Å². The molecule has 1 heterocycles. The number of methoxy groups -OCH3 is 1. The summed E-state index contributed by atoms with van der Waals surface area (Å²) in [5.41, 5.74) is 3.25. The van der Waals surface area contributed by atoms with Gasteiger partial charge in [-0.3, -0.25) is 0 Å². The van der Waals surface area contributed by atoms with Crippen LogP contribution in [0.15, 0.2) is 78.4 Å². The van der Waals surface area contributed by atoms with Crippen molar-refractivity contribution in [3.05, 3.63) is 89.5 Å². The first kappa shape index (κ1) is 27.2. The molecule has 2 aromatic rings. The highest BCUT2D eigenvalue weighted by Crippen LogP contribution is 2.30. The van der Waals surface area contributed by atoms with E-state index in [1.165, 1.54) is 0 Å². The van der Waals surface area contributed by atoms with Crippen molar-refractivity contribution in [2.24, 2.45) is 17.8 Å². The number of hydrogen-bond donors (Lipinski definition) is 1. The van der Waals surface area contributed by atoms with E-state index in [9.17, 15) is 5.11 Å². The number of aliphatic hydroxyl groups is 1. The molecule has 1 fully saturated rings. The summed E-state index contributed by atoms with van der Waals surface area (Å²) in [5, 5.41) is 9.82. The summed E-state index contributed by atoms with van der Waals surface area (Å²) in [6.45, 7) is 9.62. The Kier molecular flexibility index (Phi) is 10.5. The van der Waals surface area contributed by atoms with Crippen molar-refractivity contribution in [2.75, 3.05) is 20.3 Å². The zero-order valence-corrected chi connectivity index (χ0v) is 21.6. The van der Waals surface area contributed by atoms with Crippen LogP contribution >= 0.6 is 0 Å². The third-order valence-corrected chi connectivity index (χ3v) is 6.47. The van der Waals surface area contributed by atoms with E-state index in [1.54, 1.807) is 7.11 Å². The Labute approximate surface area is 210 Å². The van der Waals surface area contributed by atoms with Crippen LogP contribution in [0.4, 0.5) is 0 Å². The van der Waals surface area contributed by atoms with E-state index in [0.717, 1.165) is 22.4 Å². The van der Waals surface area contributed by atoms with Crippen molar-refractivity contribution in [1.29, 1.82) is 0 Å². The predicted molar refractivity (Wildman–Crippen MR) is 139 cm³/mol. The Morgan fingerprint density at radius 3 is 2.49 bits per heavy atom. The van der Waals surface area contributed by atoms with Crippen molar-refractivity contribution >= 4 is 0 Å². The summed E-state index contributed by atoms with van der Waals surface area (Å²) < 4.78 is 23.7. The van der Waals surface area contributed by atoms with E-state index in [4.69, 9.17) is 18.9 Å². The summed E-state index contributed by atoms with van der Waals surface area (Å²) in [5.74, 6) is 1.24. The Bertz CT molecular complexity index is 937. The van der Waals surface area contributed by atoms with E-state index in [-0.39, 0.29) is 42.9 Å². The second kappa shape index (κ2) is 13.6. The first-order valence-corrected chi connectivity index (χ1v) is 12.4. The van der Waals surface area contributed by atoms with Crippen LogP contribution in [0, 0.1) is 17.8 Å². The first-order valence-electron chi connectivity index (χ1n) is 12.4. The predicted octanol–water partition coefficient (Wildman–Crippen LogP) is 6.10. The lowest BCUT2D eigenvalue weighted by molar-refractivity contribution is -0.225. The van der Waals surface area contributed by atoms with Gasteiger partial charge in [-0.25, -0.2) is 0 Å². The van der Waals surface area contributed by atoms with E-state index in [2.05, 4.69) is 39.0 Å². The van der Waals surface area contributed by atoms with E-state index < -0.39 is 0 Å². The molecule has 1 saturated heterocycles. The third kappa shape index (κ3) is 8.04. The fraction of sp³-hybridized carbons (Fsp3) is 0.467. The van der Waals surface area contributed by atoms with Crippen LogP contribution in [0.2, 0.25) is 0 Å². The molecule has 1 N–H and O–H groups in total. The van der Waals surface area contributed by atoms with Gasteiger partial charge in [0.15, 0.2) is 6.29 Å². The molecule has 0 spiro atoms. The highest BCUT2D eigenvalue weighted by atomic mass is 16.7. The molecule has 1 aliphatic heterocycles. The molecule has 6 atom stereocenters. The average Bonchev–Trinajstić information content (AvgIpc) is 2.89. The van der Waals surface area contributed by atoms with E-state index in [1.807, 2.05) is 61.5 Å². The van der Waals surface area contributed by atoms with Gasteiger partial charge in [0.1, 0.15) is 5.75 Å². The summed E-state index contributed by atoms with van der Waals surface area (Å²) in [6.07, 6.45) is 5.99.